The number of amides is 1. The number of nitrogens with zero attached hydrogens (tertiary/aromatic N) is 3. The van der Waals surface area contributed by atoms with Crippen LogP contribution in [0.4, 0.5) is 11.6 Å². The lowest BCUT2D eigenvalue weighted by Gasteiger charge is -2.27. The van der Waals surface area contributed by atoms with E-state index in [0.717, 1.165) is 18.9 Å². The highest BCUT2D eigenvalue weighted by Crippen LogP contribution is 2.28. The van der Waals surface area contributed by atoms with Crippen molar-refractivity contribution in [2.24, 2.45) is 0 Å². The van der Waals surface area contributed by atoms with Crippen LogP contribution >= 0.6 is 0 Å². The van der Waals surface area contributed by atoms with Gasteiger partial charge in [0.25, 0.3) is 5.91 Å². The van der Waals surface area contributed by atoms with E-state index >= 15 is 0 Å². The summed E-state index contributed by atoms with van der Waals surface area (Å²) < 4.78 is 16.1. The van der Waals surface area contributed by atoms with Crippen LogP contribution in [0.5, 0.6) is 11.5 Å². The first-order chi connectivity index (χ1) is 13.6. The van der Waals surface area contributed by atoms with E-state index in [1.54, 1.807) is 24.3 Å². The van der Waals surface area contributed by atoms with Crippen molar-refractivity contribution in [3.05, 3.63) is 36.2 Å². The molecule has 1 fully saturated rings. The van der Waals surface area contributed by atoms with E-state index < -0.39 is 0 Å². The number of carbonyl (C=O) groups excluding carboxylic acids is 2. The number of morpholine rings is 1. The normalized spacial score (nSPS) is 13.7. The summed E-state index contributed by atoms with van der Waals surface area (Å²) in [5, 5.41) is 2.69. The molecule has 0 bridgehead atoms. The van der Waals surface area contributed by atoms with Crippen LogP contribution in [0.2, 0.25) is 0 Å². The van der Waals surface area contributed by atoms with Gasteiger partial charge in [0.2, 0.25) is 0 Å². The third-order valence-corrected chi connectivity index (χ3v) is 4.18. The SMILES string of the molecule is COc1cc(C(C)=O)ccc1OCC(=O)Nc1cc(N2CCOCC2)ncn1. The molecular weight excluding hydrogens is 364 g/mol. The summed E-state index contributed by atoms with van der Waals surface area (Å²) in [6.45, 7) is 4.00. The number of benzene rings is 1. The van der Waals surface area contributed by atoms with Gasteiger partial charge >= 0.3 is 0 Å². The lowest BCUT2D eigenvalue weighted by atomic mass is 10.1. The first-order valence-electron chi connectivity index (χ1n) is 8.83. The van der Waals surface area contributed by atoms with Crippen molar-refractivity contribution >= 4 is 23.3 Å². The maximum atomic E-state index is 12.2. The molecule has 1 aliphatic rings. The van der Waals surface area contributed by atoms with Crippen molar-refractivity contribution in [3.8, 4) is 11.5 Å². The monoisotopic (exact) mass is 386 g/mol. The Morgan fingerprint density at radius 1 is 1.18 bits per heavy atom. The number of anilines is 2. The summed E-state index contributed by atoms with van der Waals surface area (Å²) in [4.78, 5) is 34.1. The molecule has 0 atom stereocenters. The number of carbonyl (C=O) groups is 2. The van der Waals surface area contributed by atoms with Crippen LogP contribution < -0.4 is 19.7 Å². The largest absolute Gasteiger partial charge is 0.493 e. The lowest BCUT2D eigenvalue weighted by molar-refractivity contribution is -0.118. The van der Waals surface area contributed by atoms with Crippen LogP contribution in [0.15, 0.2) is 30.6 Å². The van der Waals surface area contributed by atoms with E-state index in [2.05, 4.69) is 20.2 Å². The Morgan fingerprint density at radius 3 is 2.68 bits per heavy atom. The molecule has 1 aromatic heterocycles. The number of rotatable bonds is 7. The minimum atomic E-state index is -0.371. The van der Waals surface area contributed by atoms with Crippen LogP contribution in [-0.2, 0) is 9.53 Å². The molecule has 148 valence electrons. The van der Waals surface area contributed by atoms with Gasteiger partial charge in [0.1, 0.15) is 18.0 Å². The standard InChI is InChI=1S/C19H22N4O5/c1-13(24)14-3-4-15(16(9-14)26-2)28-11-19(25)22-17-10-18(21-12-20-17)23-5-7-27-8-6-23/h3-4,9-10,12H,5-8,11H2,1-2H3,(H,20,21,22,25). The molecular formula is C19H22N4O5. The Balaban J connectivity index is 1.59. The number of Topliss-reactive ketones (excluding diaryl/α,β-unsaturated/α-hetero) is 1. The van der Waals surface area contributed by atoms with E-state index in [1.807, 2.05) is 0 Å². The molecule has 0 spiro atoms. The first-order valence-corrected chi connectivity index (χ1v) is 8.83. The van der Waals surface area contributed by atoms with Gasteiger partial charge in [0, 0.05) is 24.7 Å². The number of aromatic nitrogens is 2. The molecule has 0 radical (unpaired) electrons. The Kier molecular flexibility index (Phi) is 6.38. The summed E-state index contributed by atoms with van der Waals surface area (Å²) in [5.74, 6) is 1.43. The summed E-state index contributed by atoms with van der Waals surface area (Å²) in [7, 11) is 1.47. The molecule has 9 heteroatoms. The van der Waals surface area contributed by atoms with Crippen molar-refractivity contribution in [2.45, 2.75) is 6.92 Å². The Morgan fingerprint density at radius 2 is 1.96 bits per heavy atom. The van der Waals surface area contributed by atoms with Crippen molar-refractivity contribution in [1.82, 2.24) is 9.97 Å². The molecule has 1 aromatic carbocycles. The summed E-state index contributed by atoms with van der Waals surface area (Å²) in [6, 6.07) is 6.52. The predicted molar refractivity (Wildman–Crippen MR) is 102 cm³/mol. The summed E-state index contributed by atoms with van der Waals surface area (Å²) in [6.07, 6.45) is 1.41. The second-order valence-electron chi connectivity index (χ2n) is 6.12. The fourth-order valence-electron chi connectivity index (χ4n) is 2.71. The van der Waals surface area contributed by atoms with E-state index in [0.29, 0.717) is 36.1 Å². The van der Waals surface area contributed by atoms with Crippen molar-refractivity contribution < 1.29 is 23.8 Å². The van der Waals surface area contributed by atoms with Gasteiger partial charge in [-0.2, -0.15) is 0 Å². The molecule has 0 aliphatic carbocycles. The van der Waals surface area contributed by atoms with Crippen molar-refractivity contribution in [2.75, 3.05) is 50.2 Å². The van der Waals surface area contributed by atoms with Gasteiger partial charge in [0.15, 0.2) is 23.9 Å². The first kappa shape index (κ1) is 19.6. The van der Waals surface area contributed by atoms with Gasteiger partial charge in [-0.25, -0.2) is 9.97 Å². The lowest BCUT2D eigenvalue weighted by Crippen LogP contribution is -2.36. The highest BCUT2D eigenvalue weighted by molar-refractivity contribution is 5.95. The second kappa shape index (κ2) is 9.14. The highest BCUT2D eigenvalue weighted by Gasteiger charge is 2.15. The summed E-state index contributed by atoms with van der Waals surface area (Å²) in [5.41, 5.74) is 0.505. The molecule has 1 aliphatic heterocycles. The zero-order valence-electron chi connectivity index (χ0n) is 15.8. The molecule has 3 rings (SSSR count). The number of hydrogen-bond donors (Lipinski definition) is 1. The van der Waals surface area contributed by atoms with Gasteiger partial charge in [-0.15, -0.1) is 0 Å². The van der Waals surface area contributed by atoms with Crippen LogP contribution in [0, 0.1) is 0 Å². The fraction of sp³-hybridized carbons (Fsp3) is 0.368. The van der Waals surface area contributed by atoms with E-state index in [9.17, 15) is 9.59 Å². The molecule has 28 heavy (non-hydrogen) atoms. The van der Waals surface area contributed by atoms with E-state index in [4.69, 9.17) is 14.2 Å². The number of ether oxygens (including phenoxy) is 3. The van der Waals surface area contributed by atoms with Crippen LogP contribution in [0.1, 0.15) is 17.3 Å². The minimum absolute atomic E-state index is 0.0811. The van der Waals surface area contributed by atoms with Gasteiger partial charge in [-0.3, -0.25) is 9.59 Å². The van der Waals surface area contributed by atoms with Gasteiger partial charge in [-0.1, -0.05) is 0 Å². The maximum Gasteiger partial charge on any atom is 0.263 e. The molecule has 9 nitrogen and oxygen atoms in total. The quantitative estimate of drug-likeness (QED) is 0.715. The molecule has 2 heterocycles. The second-order valence-corrected chi connectivity index (χ2v) is 6.12. The predicted octanol–water partition coefficient (Wildman–Crippen LogP) is 1.54. The summed E-state index contributed by atoms with van der Waals surface area (Å²) >= 11 is 0. The molecule has 1 saturated heterocycles. The van der Waals surface area contributed by atoms with Gasteiger partial charge < -0.3 is 24.4 Å². The number of methoxy groups -OCH3 is 1. The molecule has 1 amide bonds. The Bertz CT molecular complexity index is 852. The van der Waals surface area contributed by atoms with E-state index in [1.165, 1.54) is 20.4 Å². The smallest absolute Gasteiger partial charge is 0.263 e. The fourth-order valence-corrected chi connectivity index (χ4v) is 2.71. The van der Waals surface area contributed by atoms with Crippen LogP contribution in [-0.4, -0.2) is 61.7 Å². The zero-order valence-corrected chi connectivity index (χ0v) is 15.8. The van der Waals surface area contributed by atoms with Gasteiger partial charge in [0.05, 0.1) is 20.3 Å². The van der Waals surface area contributed by atoms with Crippen LogP contribution in [0.3, 0.4) is 0 Å². The van der Waals surface area contributed by atoms with Gasteiger partial charge in [-0.05, 0) is 25.1 Å². The zero-order chi connectivity index (χ0) is 19.9. The third-order valence-electron chi connectivity index (χ3n) is 4.18. The number of ketones is 1. The minimum Gasteiger partial charge on any atom is -0.493 e. The maximum absolute atomic E-state index is 12.2. The van der Waals surface area contributed by atoms with Crippen molar-refractivity contribution in [3.63, 3.8) is 0 Å². The molecule has 0 unspecified atom stereocenters. The van der Waals surface area contributed by atoms with Crippen LogP contribution in [0.25, 0.3) is 0 Å². The highest BCUT2D eigenvalue weighted by atomic mass is 16.5. The van der Waals surface area contributed by atoms with E-state index in [-0.39, 0.29) is 18.3 Å². The molecule has 1 N–H and O–H groups in total. The average molecular weight is 386 g/mol. The number of nitrogens with one attached hydrogen (secondary N) is 1. The van der Waals surface area contributed by atoms with Crippen molar-refractivity contribution in [1.29, 1.82) is 0 Å². The average Bonchev–Trinajstić information content (AvgIpc) is 2.73. The third kappa shape index (κ3) is 4.95. The Hall–Kier alpha value is -3.20. The Labute approximate surface area is 162 Å². The molecule has 0 saturated carbocycles. The number of hydrogen-bond acceptors (Lipinski definition) is 8. The topological polar surface area (TPSA) is 103 Å². The molecule has 2 aromatic rings.